The van der Waals surface area contributed by atoms with Gasteiger partial charge in [0.05, 0.1) is 6.04 Å². The number of hydrogen-bond donors (Lipinski definition) is 4. The van der Waals surface area contributed by atoms with Crippen LogP contribution in [-0.2, 0) is 4.79 Å². The summed E-state index contributed by atoms with van der Waals surface area (Å²) in [7, 11) is 0. The molecule has 0 aliphatic heterocycles. The second-order valence-corrected chi connectivity index (χ2v) is 3.10. The van der Waals surface area contributed by atoms with E-state index in [1.807, 2.05) is 0 Å². The summed E-state index contributed by atoms with van der Waals surface area (Å²) >= 11 is 1.65. The summed E-state index contributed by atoms with van der Waals surface area (Å²) in [5.41, 5.74) is 10.4. The third-order valence-electron chi connectivity index (χ3n) is 1.06. The number of guanidine groups is 1. The normalized spacial score (nSPS) is 12.2. The van der Waals surface area contributed by atoms with Crippen molar-refractivity contribution in [2.24, 2.45) is 11.5 Å². The Kier molecular flexibility index (Phi) is 5.12. The Morgan fingerprint density at radius 2 is 2.27 bits per heavy atom. The van der Waals surface area contributed by atoms with Crippen LogP contribution in [-0.4, -0.2) is 22.3 Å². The minimum absolute atomic E-state index is 0.0760. The zero-order valence-electron chi connectivity index (χ0n) is 5.93. The van der Waals surface area contributed by atoms with Gasteiger partial charge in [0.2, 0.25) is 3.79 Å². The first-order valence-corrected chi connectivity index (χ1v) is 4.14. The van der Waals surface area contributed by atoms with Crippen LogP contribution in [0.1, 0.15) is 6.42 Å². The molecule has 0 bridgehead atoms. The lowest BCUT2D eigenvalue weighted by molar-refractivity contribution is -0.110. The van der Waals surface area contributed by atoms with Crippen molar-refractivity contribution in [3.05, 3.63) is 0 Å². The molecule has 0 spiro atoms. The number of carbonyl (C=O) groups is 1. The lowest BCUT2D eigenvalue weighted by atomic mass is 10.2. The fourth-order valence-electron chi connectivity index (χ4n) is 0.476. The SMILES string of the molecule is N=C(N)NCC[C@H](N)C(=O)I. The molecule has 64 valence electrons. The number of rotatable bonds is 4. The third-order valence-corrected chi connectivity index (χ3v) is 1.86. The molecule has 0 aliphatic rings. The van der Waals surface area contributed by atoms with Crippen LogP contribution in [0.2, 0.25) is 0 Å². The molecule has 0 amide bonds. The van der Waals surface area contributed by atoms with Crippen molar-refractivity contribution in [3.8, 4) is 0 Å². The summed E-state index contributed by atoms with van der Waals surface area (Å²) in [4.78, 5) is 10.6. The molecule has 11 heavy (non-hydrogen) atoms. The lowest BCUT2D eigenvalue weighted by Crippen LogP contribution is -2.36. The van der Waals surface area contributed by atoms with Crippen molar-refractivity contribution in [1.29, 1.82) is 5.41 Å². The summed E-state index contributed by atoms with van der Waals surface area (Å²) in [5, 5.41) is 9.34. The van der Waals surface area contributed by atoms with Gasteiger partial charge in [-0.05, 0) is 6.42 Å². The molecule has 0 fully saturated rings. The minimum atomic E-state index is -0.456. The van der Waals surface area contributed by atoms with Crippen LogP contribution in [0.5, 0.6) is 0 Å². The van der Waals surface area contributed by atoms with Gasteiger partial charge in [0, 0.05) is 29.1 Å². The highest BCUT2D eigenvalue weighted by Crippen LogP contribution is 1.95. The molecule has 1 atom stereocenters. The Morgan fingerprint density at radius 1 is 1.73 bits per heavy atom. The predicted molar refractivity (Wildman–Crippen MR) is 51.5 cm³/mol. The van der Waals surface area contributed by atoms with Gasteiger partial charge in [-0.15, -0.1) is 0 Å². The largest absolute Gasteiger partial charge is 0.370 e. The van der Waals surface area contributed by atoms with Crippen LogP contribution < -0.4 is 16.8 Å². The zero-order valence-corrected chi connectivity index (χ0v) is 8.09. The molecule has 0 aliphatic carbocycles. The summed E-state index contributed by atoms with van der Waals surface area (Å²) < 4.78 is -0.0760. The average Bonchev–Trinajstić information content (AvgIpc) is 1.86. The number of hydrogen-bond acceptors (Lipinski definition) is 3. The Labute approximate surface area is 78.5 Å². The highest BCUT2D eigenvalue weighted by atomic mass is 127. The molecule has 0 aromatic heterocycles. The first kappa shape index (κ1) is 10.6. The molecular formula is C5H11IN4O. The molecule has 5 nitrogen and oxygen atoms in total. The van der Waals surface area contributed by atoms with E-state index < -0.39 is 6.04 Å². The van der Waals surface area contributed by atoms with Crippen molar-refractivity contribution in [2.45, 2.75) is 12.5 Å². The molecule has 0 saturated carbocycles. The molecular weight excluding hydrogens is 259 g/mol. The smallest absolute Gasteiger partial charge is 0.209 e. The van der Waals surface area contributed by atoms with Crippen molar-refractivity contribution < 1.29 is 4.79 Å². The van der Waals surface area contributed by atoms with E-state index in [2.05, 4.69) is 5.32 Å². The number of halogens is 1. The zero-order chi connectivity index (χ0) is 8.85. The van der Waals surface area contributed by atoms with Crippen LogP contribution in [0.25, 0.3) is 0 Å². The van der Waals surface area contributed by atoms with Crippen molar-refractivity contribution in [1.82, 2.24) is 5.32 Å². The quantitative estimate of drug-likeness (QED) is 0.231. The molecule has 0 rings (SSSR count). The summed E-state index contributed by atoms with van der Waals surface area (Å²) in [5.74, 6) is -0.0990. The van der Waals surface area contributed by atoms with Crippen molar-refractivity contribution >= 4 is 32.3 Å². The first-order chi connectivity index (χ1) is 5.04. The maximum atomic E-state index is 10.6. The Bertz CT molecular complexity index is 161. The number of nitrogens with two attached hydrogens (primary N) is 2. The lowest BCUT2D eigenvalue weighted by Gasteiger charge is -2.06. The van der Waals surface area contributed by atoms with Gasteiger partial charge in [0.25, 0.3) is 0 Å². The van der Waals surface area contributed by atoms with Gasteiger partial charge in [-0.3, -0.25) is 10.2 Å². The number of carbonyl (C=O) groups excluding carboxylic acids is 1. The minimum Gasteiger partial charge on any atom is -0.370 e. The van der Waals surface area contributed by atoms with E-state index >= 15 is 0 Å². The van der Waals surface area contributed by atoms with E-state index in [0.717, 1.165) is 0 Å². The first-order valence-electron chi connectivity index (χ1n) is 3.07. The van der Waals surface area contributed by atoms with E-state index in [9.17, 15) is 4.79 Å². The van der Waals surface area contributed by atoms with Gasteiger partial charge >= 0.3 is 0 Å². The standard InChI is InChI=1S/C5H11IN4O/c6-4(11)3(7)1-2-10-5(8)9/h3H,1-2,7H2,(H4,8,9,10)/t3-/m0/s1. The topological polar surface area (TPSA) is 105 Å². The van der Waals surface area contributed by atoms with E-state index in [1.54, 1.807) is 22.6 Å². The van der Waals surface area contributed by atoms with Crippen LogP contribution in [0.3, 0.4) is 0 Å². The Hall–Kier alpha value is -0.370. The summed E-state index contributed by atoms with van der Waals surface area (Å²) in [6.07, 6.45) is 0.501. The number of nitrogens with one attached hydrogen (secondary N) is 2. The second-order valence-electron chi connectivity index (χ2n) is 2.04. The third kappa shape index (κ3) is 6.05. The predicted octanol–water partition coefficient (Wildman–Crippen LogP) is -0.852. The Balaban J connectivity index is 3.39. The van der Waals surface area contributed by atoms with Gasteiger partial charge < -0.3 is 16.8 Å². The average molecular weight is 270 g/mol. The van der Waals surface area contributed by atoms with Gasteiger partial charge in [-0.2, -0.15) is 0 Å². The summed E-state index contributed by atoms with van der Waals surface area (Å²) in [6.45, 7) is 0.464. The Morgan fingerprint density at radius 3 is 2.64 bits per heavy atom. The van der Waals surface area contributed by atoms with Crippen LogP contribution in [0.15, 0.2) is 0 Å². The van der Waals surface area contributed by atoms with Crippen molar-refractivity contribution in [3.63, 3.8) is 0 Å². The van der Waals surface area contributed by atoms with E-state index in [1.165, 1.54) is 0 Å². The second kappa shape index (κ2) is 5.30. The van der Waals surface area contributed by atoms with Crippen LogP contribution in [0.4, 0.5) is 0 Å². The van der Waals surface area contributed by atoms with Gasteiger partial charge in [0.15, 0.2) is 5.96 Å². The van der Waals surface area contributed by atoms with Gasteiger partial charge in [0.1, 0.15) is 0 Å². The van der Waals surface area contributed by atoms with E-state index in [-0.39, 0.29) is 9.75 Å². The van der Waals surface area contributed by atoms with Crippen LogP contribution in [0, 0.1) is 5.41 Å². The molecule has 0 heterocycles. The fraction of sp³-hybridized carbons (Fsp3) is 0.600. The maximum Gasteiger partial charge on any atom is 0.209 e. The molecule has 0 aromatic carbocycles. The molecule has 0 radical (unpaired) electrons. The molecule has 0 aromatic rings. The van der Waals surface area contributed by atoms with Gasteiger partial charge in [-0.25, -0.2) is 0 Å². The monoisotopic (exact) mass is 270 g/mol. The van der Waals surface area contributed by atoms with Crippen molar-refractivity contribution in [2.75, 3.05) is 6.54 Å². The maximum absolute atomic E-state index is 10.6. The fourth-order valence-corrected chi connectivity index (χ4v) is 0.787. The van der Waals surface area contributed by atoms with E-state index in [4.69, 9.17) is 16.9 Å². The highest BCUT2D eigenvalue weighted by molar-refractivity contribution is 14.1. The molecule has 6 heteroatoms. The molecule has 0 unspecified atom stereocenters. The van der Waals surface area contributed by atoms with Crippen LogP contribution >= 0.6 is 22.6 Å². The highest BCUT2D eigenvalue weighted by Gasteiger charge is 2.08. The summed E-state index contributed by atoms with van der Waals surface area (Å²) in [6, 6.07) is -0.456. The molecule has 0 saturated heterocycles. The van der Waals surface area contributed by atoms with Gasteiger partial charge in [-0.1, -0.05) is 0 Å². The molecule has 6 N–H and O–H groups in total. The van der Waals surface area contributed by atoms with E-state index in [0.29, 0.717) is 13.0 Å².